The van der Waals surface area contributed by atoms with Crippen LogP contribution >= 0.6 is 0 Å². The van der Waals surface area contributed by atoms with Gasteiger partial charge in [0.05, 0.1) is 12.1 Å². The number of nitrogens with two attached hydrogens (primary N) is 1. The van der Waals surface area contributed by atoms with Gasteiger partial charge >= 0.3 is 12.0 Å². The Hall–Kier alpha value is -2.58. The number of amides is 2. The molecule has 1 aromatic rings. The highest BCUT2D eigenvalue weighted by Gasteiger charge is 2.31. The van der Waals surface area contributed by atoms with Crippen LogP contribution in [-0.4, -0.2) is 70.1 Å². The topological polar surface area (TPSA) is 125 Å². The third-order valence-corrected chi connectivity index (χ3v) is 4.88. The lowest BCUT2D eigenvalue weighted by molar-refractivity contribution is -0.137. The number of carbonyl (C=O) groups is 2. The van der Waals surface area contributed by atoms with Gasteiger partial charge in [-0.25, -0.2) is 9.78 Å². The van der Waals surface area contributed by atoms with Gasteiger partial charge in [-0.3, -0.25) is 4.79 Å². The number of carboxylic acids is 1. The van der Waals surface area contributed by atoms with Gasteiger partial charge in [-0.2, -0.15) is 4.98 Å². The molecule has 0 aromatic carbocycles. The van der Waals surface area contributed by atoms with E-state index in [1.54, 1.807) is 16.8 Å². The van der Waals surface area contributed by atoms with Crippen LogP contribution in [0.4, 0.5) is 16.6 Å². The van der Waals surface area contributed by atoms with Gasteiger partial charge in [0.25, 0.3) is 0 Å². The first-order valence-corrected chi connectivity index (χ1v) is 9.09. The summed E-state index contributed by atoms with van der Waals surface area (Å²) in [5, 5.41) is 11.7. The fourth-order valence-electron chi connectivity index (χ4n) is 3.37. The molecule has 1 saturated heterocycles. The first-order valence-electron chi connectivity index (χ1n) is 9.09. The third-order valence-electron chi connectivity index (χ3n) is 4.88. The van der Waals surface area contributed by atoms with Crippen LogP contribution in [0.3, 0.4) is 0 Å². The molecule has 0 atom stereocenters. The van der Waals surface area contributed by atoms with Crippen molar-refractivity contribution in [2.75, 3.05) is 44.3 Å². The van der Waals surface area contributed by atoms with Gasteiger partial charge in [-0.1, -0.05) is 0 Å². The van der Waals surface area contributed by atoms with E-state index in [9.17, 15) is 9.59 Å². The smallest absolute Gasteiger partial charge is 0.320 e. The number of carbonyl (C=O) groups excluding carboxylic acids is 1. The number of nitrogen functional groups attached to an aromatic ring is 1. The average molecular weight is 362 g/mol. The molecule has 3 rings (SSSR count). The fourth-order valence-corrected chi connectivity index (χ4v) is 3.37. The first-order chi connectivity index (χ1) is 12.5. The van der Waals surface area contributed by atoms with Crippen LogP contribution in [0.15, 0.2) is 0 Å². The molecule has 4 N–H and O–H groups in total. The van der Waals surface area contributed by atoms with Gasteiger partial charge in [-0.05, 0) is 31.6 Å². The Morgan fingerprint density at radius 3 is 2.58 bits per heavy atom. The van der Waals surface area contributed by atoms with Crippen molar-refractivity contribution in [3.63, 3.8) is 0 Å². The van der Waals surface area contributed by atoms with Gasteiger partial charge in [0, 0.05) is 38.8 Å². The SMILES string of the molecule is CNc1nc(N)c(C2CC2)c(CCCN2CCN(CCC(=O)O)C2=O)n1. The summed E-state index contributed by atoms with van der Waals surface area (Å²) in [6.45, 7) is 2.13. The normalized spacial score (nSPS) is 17.0. The molecule has 0 unspecified atom stereocenters. The molecule has 2 amide bonds. The van der Waals surface area contributed by atoms with Crippen molar-refractivity contribution >= 4 is 23.8 Å². The summed E-state index contributed by atoms with van der Waals surface area (Å²) in [6, 6.07) is -0.0771. The van der Waals surface area contributed by atoms with Crippen molar-refractivity contribution in [1.82, 2.24) is 19.8 Å². The number of aryl methyl sites for hydroxylation is 1. The van der Waals surface area contributed by atoms with E-state index in [4.69, 9.17) is 10.8 Å². The van der Waals surface area contributed by atoms with Crippen LogP contribution in [0.2, 0.25) is 0 Å². The van der Waals surface area contributed by atoms with Gasteiger partial charge in [0.15, 0.2) is 0 Å². The minimum atomic E-state index is -0.884. The second-order valence-corrected chi connectivity index (χ2v) is 6.82. The summed E-state index contributed by atoms with van der Waals surface area (Å²) in [7, 11) is 1.77. The summed E-state index contributed by atoms with van der Waals surface area (Å²) < 4.78 is 0. The molecule has 2 fully saturated rings. The molecule has 0 radical (unpaired) electrons. The molecule has 1 aliphatic carbocycles. The molecule has 1 aliphatic heterocycles. The minimum absolute atomic E-state index is 0.0165. The molecular weight excluding hydrogens is 336 g/mol. The number of nitrogens with one attached hydrogen (secondary N) is 1. The second-order valence-electron chi connectivity index (χ2n) is 6.82. The molecule has 1 aromatic heterocycles. The number of hydrogen-bond acceptors (Lipinski definition) is 6. The first kappa shape index (κ1) is 18.2. The number of urea groups is 1. The van der Waals surface area contributed by atoms with E-state index >= 15 is 0 Å². The summed E-state index contributed by atoms with van der Waals surface area (Å²) in [5.41, 5.74) is 8.16. The van der Waals surface area contributed by atoms with E-state index in [2.05, 4.69) is 15.3 Å². The van der Waals surface area contributed by atoms with Gasteiger partial charge in [0.1, 0.15) is 5.82 Å². The number of hydrogen-bond donors (Lipinski definition) is 3. The van der Waals surface area contributed by atoms with Crippen molar-refractivity contribution in [3.8, 4) is 0 Å². The number of aliphatic carboxylic acids is 1. The molecular formula is C17H26N6O3. The molecule has 1 saturated carbocycles. The molecule has 9 heteroatoms. The highest BCUT2D eigenvalue weighted by molar-refractivity contribution is 5.77. The van der Waals surface area contributed by atoms with Crippen LogP contribution in [-0.2, 0) is 11.2 Å². The third kappa shape index (κ3) is 4.14. The number of nitrogens with zero attached hydrogens (tertiary/aromatic N) is 4. The Bertz CT molecular complexity index is 691. The highest BCUT2D eigenvalue weighted by atomic mass is 16.4. The van der Waals surface area contributed by atoms with Crippen LogP contribution in [0.1, 0.15) is 42.9 Å². The van der Waals surface area contributed by atoms with E-state index in [-0.39, 0.29) is 19.0 Å². The van der Waals surface area contributed by atoms with Crippen LogP contribution in [0, 0.1) is 0 Å². The summed E-state index contributed by atoms with van der Waals surface area (Å²) in [4.78, 5) is 35.2. The zero-order chi connectivity index (χ0) is 18.7. The van der Waals surface area contributed by atoms with Crippen molar-refractivity contribution in [3.05, 3.63) is 11.3 Å². The Balaban J connectivity index is 1.56. The predicted molar refractivity (Wildman–Crippen MR) is 97.1 cm³/mol. The van der Waals surface area contributed by atoms with Gasteiger partial charge < -0.3 is 26.0 Å². The van der Waals surface area contributed by atoms with E-state index in [1.165, 1.54) is 0 Å². The molecule has 0 bridgehead atoms. The number of aromatic nitrogens is 2. The maximum Gasteiger partial charge on any atom is 0.320 e. The van der Waals surface area contributed by atoms with Crippen molar-refractivity contribution in [2.24, 2.45) is 0 Å². The monoisotopic (exact) mass is 362 g/mol. The summed E-state index contributed by atoms with van der Waals surface area (Å²) in [5.74, 6) is 0.666. The van der Waals surface area contributed by atoms with Crippen molar-refractivity contribution in [1.29, 1.82) is 0 Å². The zero-order valence-electron chi connectivity index (χ0n) is 15.1. The average Bonchev–Trinajstić information content (AvgIpc) is 3.37. The Labute approximate surface area is 152 Å². The maximum atomic E-state index is 12.3. The highest BCUT2D eigenvalue weighted by Crippen LogP contribution is 2.44. The van der Waals surface area contributed by atoms with Crippen molar-refractivity contribution < 1.29 is 14.7 Å². The van der Waals surface area contributed by atoms with E-state index in [1.807, 2.05) is 0 Å². The fraction of sp³-hybridized carbons (Fsp3) is 0.647. The van der Waals surface area contributed by atoms with E-state index in [0.29, 0.717) is 37.3 Å². The number of anilines is 2. The Morgan fingerprint density at radius 1 is 1.27 bits per heavy atom. The summed E-state index contributed by atoms with van der Waals surface area (Å²) >= 11 is 0. The van der Waals surface area contributed by atoms with Crippen molar-refractivity contribution in [2.45, 2.75) is 38.0 Å². The molecule has 2 heterocycles. The predicted octanol–water partition coefficient (Wildman–Crippen LogP) is 1.12. The van der Waals surface area contributed by atoms with E-state index in [0.717, 1.165) is 36.9 Å². The number of rotatable bonds is 9. The lowest BCUT2D eigenvalue weighted by atomic mass is 10.1. The van der Waals surface area contributed by atoms with Crippen LogP contribution in [0.5, 0.6) is 0 Å². The van der Waals surface area contributed by atoms with Gasteiger partial charge in [0.2, 0.25) is 5.95 Å². The number of carboxylic acid groups (broad SMARTS) is 1. The Morgan fingerprint density at radius 2 is 1.96 bits per heavy atom. The lowest BCUT2D eigenvalue weighted by Gasteiger charge is -2.18. The molecule has 9 nitrogen and oxygen atoms in total. The summed E-state index contributed by atoms with van der Waals surface area (Å²) in [6.07, 6.45) is 3.77. The Kier molecular flexibility index (Phi) is 5.43. The zero-order valence-corrected chi connectivity index (χ0v) is 15.1. The van der Waals surface area contributed by atoms with Crippen LogP contribution in [0.25, 0.3) is 0 Å². The molecule has 26 heavy (non-hydrogen) atoms. The maximum absolute atomic E-state index is 12.3. The molecule has 142 valence electrons. The standard InChI is InChI=1S/C17H26N6O3/c1-19-16-20-12(14(11-4-5-11)15(18)21-16)3-2-7-22-9-10-23(17(22)26)8-6-13(24)25/h11H,2-10H2,1H3,(H,24,25)(H3,18,19,20,21). The lowest BCUT2D eigenvalue weighted by Crippen LogP contribution is -2.33. The molecule has 2 aliphatic rings. The quantitative estimate of drug-likeness (QED) is 0.601. The van der Waals surface area contributed by atoms with E-state index < -0.39 is 5.97 Å². The largest absolute Gasteiger partial charge is 0.481 e. The second kappa shape index (κ2) is 7.76. The van der Waals surface area contributed by atoms with Crippen LogP contribution < -0.4 is 11.1 Å². The minimum Gasteiger partial charge on any atom is -0.481 e. The van der Waals surface area contributed by atoms with Gasteiger partial charge in [-0.15, -0.1) is 0 Å². The molecule has 0 spiro atoms.